The SMILES string of the molecule is CCN(C(=O)c1ccnc(NCCc2ccc(Cl)cc2)n1)c1cccc(C)c1. The van der Waals surface area contributed by atoms with Crippen LogP contribution in [0.15, 0.2) is 60.8 Å². The molecule has 0 atom stereocenters. The third kappa shape index (κ3) is 5.08. The van der Waals surface area contributed by atoms with Crippen LogP contribution in [0.4, 0.5) is 11.6 Å². The minimum atomic E-state index is -0.142. The summed E-state index contributed by atoms with van der Waals surface area (Å²) in [6.07, 6.45) is 2.41. The Hall–Kier alpha value is -2.92. The van der Waals surface area contributed by atoms with E-state index in [2.05, 4.69) is 15.3 Å². The van der Waals surface area contributed by atoms with Crippen LogP contribution in [-0.2, 0) is 6.42 Å². The summed E-state index contributed by atoms with van der Waals surface area (Å²) in [5.74, 6) is 0.302. The number of halogens is 1. The van der Waals surface area contributed by atoms with E-state index in [1.54, 1.807) is 17.2 Å². The molecule has 1 aromatic heterocycles. The van der Waals surface area contributed by atoms with Crippen molar-refractivity contribution in [3.05, 3.63) is 82.6 Å². The molecule has 0 unspecified atom stereocenters. The number of aromatic nitrogens is 2. The smallest absolute Gasteiger partial charge is 0.277 e. The van der Waals surface area contributed by atoms with Crippen LogP contribution in [0, 0.1) is 6.92 Å². The van der Waals surface area contributed by atoms with E-state index in [0.717, 1.165) is 22.7 Å². The number of aryl methyl sites for hydroxylation is 1. The van der Waals surface area contributed by atoms with Crippen LogP contribution in [0.5, 0.6) is 0 Å². The van der Waals surface area contributed by atoms with Crippen molar-refractivity contribution in [2.45, 2.75) is 20.3 Å². The van der Waals surface area contributed by atoms with E-state index < -0.39 is 0 Å². The lowest BCUT2D eigenvalue weighted by atomic mass is 10.1. The second kappa shape index (κ2) is 9.33. The Morgan fingerprint density at radius 1 is 1.14 bits per heavy atom. The molecule has 144 valence electrons. The zero-order valence-corrected chi connectivity index (χ0v) is 16.8. The van der Waals surface area contributed by atoms with Crippen molar-refractivity contribution in [3.63, 3.8) is 0 Å². The van der Waals surface area contributed by atoms with Crippen molar-refractivity contribution >= 4 is 29.1 Å². The molecule has 0 aliphatic carbocycles. The third-order valence-electron chi connectivity index (χ3n) is 4.36. The fourth-order valence-corrected chi connectivity index (χ4v) is 3.04. The van der Waals surface area contributed by atoms with Gasteiger partial charge in [-0.25, -0.2) is 9.97 Å². The molecule has 0 aliphatic heterocycles. The molecule has 0 spiro atoms. The fraction of sp³-hybridized carbons (Fsp3) is 0.227. The molecule has 5 nitrogen and oxygen atoms in total. The maximum absolute atomic E-state index is 13.0. The highest BCUT2D eigenvalue weighted by Crippen LogP contribution is 2.18. The standard InChI is InChI=1S/C22H23ClN4O/c1-3-27(19-6-4-5-16(2)15-19)21(28)20-12-14-25-22(26-20)24-13-11-17-7-9-18(23)10-8-17/h4-10,12,14-15H,3,11,13H2,1-2H3,(H,24,25,26). The lowest BCUT2D eigenvalue weighted by Crippen LogP contribution is -2.31. The maximum Gasteiger partial charge on any atom is 0.277 e. The van der Waals surface area contributed by atoms with Gasteiger partial charge in [-0.15, -0.1) is 0 Å². The van der Waals surface area contributed by atoms with Gasteiger partial charge in [0.05, 0.1) is 0 Å². The predicted molar refractivity (Wildman–Crippen MR) is 114 cm³/mol. The Morgan fingerprint density at radius 3 is 2.64 bits per heavy atom. The average molecular weight is 395 g/mol. The first-order chi connectivity index (χ1) is 13.6. The number of amides is 1. The third-order valence-corrected chi connectivity index (χ3v) is 4.61. The van der Waals surface area contributed by atoms with Gasteiger partial charge in [-0.2, -0.15) is 0 Å². The van der Waals surface area contributed by atoms with Gasteiger partial charge in [0, 0.05) is 30.0 Å². The summed E-state index contributed by atoms with van der Waals surface area (Å²) in [6, 6.07) is 17.3. The van der Waals surface area contributed by atoms with E-state index in [4.69, 9.17) is 11.6 Å². The Balaban J connectivity index is 1.67. The highest BCUT2D eigenvalue weighted by Gasteiger charge is 2.18. The molecule has 2 aromatic carbocycles. The topological polar surface area (TPSA) is 58.1 Å². The second-order valence-electron chi connectivity index (χ2n) is 6.46. The highest BCUT2D eigenvalue weighted by molar-refractivity contribution is 6.30. The fourth-order valence-electron chi connectivity index (χ4n) is 2.91. The average Bonchev–Trinajstić information content (AvgIpc) is 2.70. The second-order valence-corrected chi connectivity index (χ2v) is 6.89. The number of benzene rings is 2. The normalized spacial score (nSPS) is 10.5. The largest absolute Gasteiger partial charge is 0.354 e. The van der Waals surface area contributed by atoms with Gasteiger partial charge in [0.2, 0.25) is 5.95 Å². The van der Waals surface area contributed by atoms with Crippen molar-refractivity contribution < 1.29 is 4.79 Å². The van der Waals surface area contributed by atoms with Gasteiger partial charge in [0.1, 0.15) is 5.69 Å². The summed E-state index contributed by atoms with van der Waals surface area (Å²) in [4.78, 5) is 23.3. The molecule has 3 aromatic rings. The lowest BCUT2D eigenvalue weighted by molar-refractivity contribution is 0.0983. The van der Waals surface area contributed by atoms with E-state index in [0.29, 0.717) is 24.7 Å². The number of carbonyl (C=O) groups is 1. The number of anilines is 2. The molecule has 6 heteroatoms. The summed E-state index contributed by atoms with van der Waals surface area (Å²) >= 11 is 5.91. The first-order valence-corrected chi connectivity index (χ1v) is 9.64. The number of rotatable bonds is 7. The molecule has 28 heavy (non-hydrogen) atoms. The van der Waals surface area contributed by atoms with E-state index in [-0.39, 0.29) is 5.91 Å². The first-order valence-electron chi connectivity index (χ1n) is 9.26. The summed E-state index contributed by atoms with van der Waals surface area (Å²) in [5, 5.41) is 3.91. The van der Waals surface area contributed by atoms with Crippen molar-refractivity contribution in [1.82, 2.24) is 9.97 Å². The van der Waals surface area contributed by atoms with E-state index in [9.17, 15) is 4.79 Å². The number of carbonyl (C=O) groups excluding carboxylic acids is 1. The molecule has 0 bridgehead atoms. The molecule has 0 fully saturated rings. The summed E-state index contributed by atoms with van der Waals surface area (Å²) in [7, 11) is 0. The van der Waals surface area contributed by atoms with Crippen molar-refractivity contribution in [2.75, 3.05) is 23.3 Å². The van der Waals surface area contributed by atoms with Crippen LogP contribution in [-0.4, -0.2) is 29.0 Å². The van der Waals surface area contributed by atoms with Gasteiger partial charge < -0.3 is 10.2 Å². The molecule has 1 amide bonds. The van der Waals surface area contributed by atoms with Gasteiger partial charge in [-0.1, -0.05) is 35.9 Å². The van der Waals surface area contributed by atoms with E-state index >= 15 is 0 Å². The molecular formula is C22H23ClN4O. The van der Waals surface area contributed by atoms with Crippen LogP contribution in [0.25, 0.3) is 0 Å². The minimum Gasteiger partial charge on any atom is -0.354 e. The lowest BCUT2D eigenvalue weighted by Gasteiger charge is -2.21. The molecule has 0 saturated heterocycles. The van der Waals surface area contributed by atoms with Crippen LogP contribution in [0.3, 0.4) is 0 Å². The zero-order chi connectivity index (χ0) is 19.9. The van der Waals surface area contributed by atoms with Crippen LogP contribution < -0.4 is 10.2 Å². The number of nitrogens with zero attached hydrogens (tertiary/aromatic N) is 3. The van der Waals surface area contributed by atoms with Crippen LogP contribution in [0.2, 0.25) is 5.02 Å². The Bertz CT molecular complexity index is 943. The van der Waals surface area contributed by atoms with Gasteiger partial charge >= 0.3 is 0 Å². The molecule has 3 rings (SSSR count). The number of hydrogen-bond donors (Lipinski definition) is 1. The first kappa shape index (κ1) is 19.8. The van der Waals surface area contributed by atoms with Crippen LogP contribution >= 0.6 is 11.6 Å². The number of hydrogen-bond acceptors (Lipinski definition) is 4. The van der Waals surface area contributed by atoms with Gasteiger partial charge in [0.25, 0.3) is 5.91 Å². The maximum atomic E-state index is 13.0. The highest BCUT2D eigenvalue weighted by atomic mass is 35.5. The van der Waals surface area contributed by atoms with Crippen molar-refractivity contribution in [3.8, 4) is 0 Å². The van der Waals surface area contributed by atoms with E-state index in [1.807, 2.05) is 62.4 Å². The summed E-state index contributed by atoms with van der Waals surface area (Å²) in [6.45, 7) is 5.18. The molecule has 0 saturated carbocycles. The Morgan fingerprint density at radius 2 is 1.93 bits per heavy atom. The summed E-state index contributed by atoms with van der Waals surface area (Å²) < 4.78 is 0. The van der Waals surface area contributed by atoms with Crippen molar-refractivity contribution in [1.29, 1.82) is 0 Å². The Labute approximate surface area is 170 Å². The van der Waals surface area contributed by atoms with Gasteiger partial charge in [-0.05, 0) is 61.7 Å². The van der Waals surface area contributed by atoms with E-state index in [1.165, 1.54) is 5.56 Å². The molecule has 0 aliphatic rings. The molecular weight excluding hydrogens is 372 g/mol. The molecule has 1 N–H and O–H groups in total. The molecule has 1 heterocycles. The van der Waals surface area contributed by atoms with Gasteiger partial charge in [0.15, 0.2) is 0 Å². The van der Waals surface area contributed by atoms with Gasteiger partial charge in [-0.3, -0.25) is 4.79 Å². The monoisotopic (exact) mass is 394 g/mol. The number of nitrogens with one attached hydrogen (secondary N) is 1. The predicted octanol–water partition coefficient (Wildman–Crippen LogP) is 4.76. The van der Waals surface area contributed by atoms with Crippen LogP contribution in [0.1, 0.15) is 28.5 Å². The molecule has 0 radical (unpaired) electrons. The quantitative estimate of drug-likeness (QED) is 0.627. The van der Waals surface area contributed by atoms with Crippen molar-refractivity contribution in [2.24, 2.45) is 0 Å². The Kier molecular flexibility index (Phi) is 6.61. The summed E-state index contributed by atoms with van der Waals surface area (Å²) in [5.41, 5.74) is 3.51. The minimum absolute atomic E-state index is 0.142. The zero-order valence-electron chi connectivity index (χ0n) is 16.0.